The molecule has 6 heteroatoms. The van der Waals surface area contributed by atoms with Crippen LogP contribution in [0.1, 0.15) is 44.1 Å². The van der Waals surface area contributed by atoms with Crippen molar-refractivity contribution in [1.29, 1.82) is 0 Å². The molecule has 6 nitrogen and oxygen atoms in total. The van der Waals surface area contributed by atoms with Gasteiger partial charge in [-0.25, -0.2) is 0 Å². The monoisotopic (exact) mass is 359 g/mol. The van der Waals surface area contributed by atoms with Gasteiger partial charge in [0.2, 0.25) is 5.91 Å². The lowest BCUT2D eigenvalue weighted by atomic mass is 9.65. The number of rotatable bonds is 5. The first kappa shape index (κ1) is 17.7. The molecule has 142 valence electrons. The Hall–Kier alpha value is -1.66. The normalized spacial score (nSPS) is 29.2. The first-order valence-corrected chi connectivity index (χ1v) is 9.92. The number of aromatic nitrogens is 2. The van der Waals surface area contributed by atoms with Crippen LogP contribution in [-0.2, 0) is 20.7 Å². The second-order valence-electron chi connectivity index (χ2n) is 7.72. The van der Waals surface area contributed by atoms with Crippen molar-refractivity contribution < 1.29 is 14.3 Å². The third-order valence-corrected chi connectivity index (χ3v) is 6.27. The first-order chi connectivity index (χ1) is 12.8. The zero-order valence-corrected chi connectivity index (χ0v) is 15.4. The second kappa shape index (κ2) is 7.92. The van der Waals surface area contributed by atoms with E-state index in [0.29, 0.717) is 18.9 Å². The van der Waals surface area contributed by atoms with E-state index in [2.05, 4.69) is 21.2 Å². The van der Waals surface area contributed by atoms with Gasteiger partial charge in [0.1, 0.15) is 0 Å². The lowest BCUT2D eigenvalue weighted by Crippen LogP contribution is -2.59. The van der Waals surface area contributed by atoms with Gasteiger partial charge in [0.25, 0.3) is 0 Å². The van der Waals surface area contributed by atoms with Crippen molar-refractivity contribution in [2.24, 2.45) is 5.41 Å². The van der Waals surface area contributed by atoms with Crippen molar-refractivity contribution in [3.63, 3.8) is 0 Å². The van der Waals surface area contributed by atoms with Crippen molar-refractivity contribution in [3.8, 4) is 0 Å². The van der Waals surface area contributed by atoms with Crippen LogP contribution >= 0.6 is 0 Å². The van der Waals surface area contributed by atoms with Crippen LogP contribution in [0.25, 0.3) is 0 Å². The predicted molar refractivity (Wildman–Crippen MR) is 97.6 cm³/mol. The number of nitrogens with zero attached hydrogens (tertiary/aromatic N) is 2. The van der Waals surface area contributed by atoms with Crippen molar-refractivity contribution in [2.75, 3.05) is 33.0 Å². The molecule has 2 saturated heterocycles. The molecule has 2 fully saturated rings. The molecule has 4 rings (SSSR count). The number of hydrogen-bond acceptors (Lipinski definition) is 4. The number of carbonyl (C=O) groups excluding carboxylic acids is 1. The molecule has 0 bridgehead atoms. The molecule has 1 aromatic rings. The summed E-state index contributed by atoms with van der Waals surface area (Å²) in [6, 6.07) is 0.288. The van der Waals surface area contributed by atoms with Gasteiger partial charge in [0.05, 0.1) is 26.0 Å². The quantitative estimate of drug-likeness (QED) is 0.820. The maximum atomic E-state index is 13.0. The molecule has 0 spiro atoms. The van der Waals surface area contributed by atoms with Gasteiger partial charge in [-0.3, -0.25) is 9.89 Å². The Kier molecular flexibility index (Phi) is 5.41. The number of fused-ring (bicyclic) bond motifs is 1. The summed E-state index contributed by atoms with van der Waals surface area (Å²) < 4.78 is 11.4. The summed E-state index contributed by atoms with van der Waals surface area (Å²) in [5, 5.41) is 6.81. The Morgan fingerprint density at radius 3 is 3.15 bits per heavy atom. The van der Waals surface area contributed by atoms with Crippen LogP contribution < -0.4 is 0 Å². The van der Waals surface area contributed by atoms with Gasteiger partial charge in [0, 0.05) is 37.2 Å². The second-order valence-corrected chi connectivity index (χ2v) is 7.72. The van der Waals surface area contributed by atoms with E-state index in [9.17, 15) is 4.79 Å². The molecule has 26 heavy (non-hydrogen) atoms. The van der Waals surface area contributed by atoms with Crippen LogP contribution in [0.2, 0.25) is 0 Å². The molecule has 0 unspecified atom stereocenters. The van der Waals surface area contributed by atoms with Gasteiger partial charge in [-0.15, -0.1) is 0 Å². The molecule has 0 aromatic carbocycles. The highest BCUT2D eigenvalue weighted by atomic mass is 16.5. The predicted octanol–water partition coefficient (Wildman–Crippen LogP) is 2.48. The highest BCUT2D eigenvalue weighted by Crippen LogP contribution is 2.48. The highest BCUT2D eigenvalue weighted by molar-refractivity contribution is 5.77. The molecular formula is C20H29N3O3. The smallest absolute Gasteiger partial charge is 0.222 e. The van der Waals surface area contributed by atoms with Crippen molar-refractivity contribution in [3.05, 3.63) is 29.6 Å². The summed E-state index contributed by atoms with van der Waals surface area (Å²) in [6.07, 6.45) is 12.5. The van der Waals surface area contributed by atoms with Crippen LogP contribution in [0.4, 0.5) is 0 Å². The molecule has 2 atom stereocenters. The number of amides is 1. The number of nitrogens with one attached hydrogen (secondary N) is 1. The molecule has 0 aliphatic carbocycles. The van der Waals surface area contributed by atoms with Crippen LogP contribution in [0, 0.1) is 5.41 Å². The minimum absolute atomic E-state index is 0.0144. The maximum Gasteiger partial charge on any atom is 0.222 e. The maximum absolute atomic E-state index is 13.0. The highest BCUT2D eigenvalue weighted by Gasteiger charge is 2.50. The molecule has 1 amide bonds. The molecule has 3 aliphatic rings. The number of ether oxygens (including phenoxy) is 2. The van der Waals surface area contributed by atoms with E-state index in [1.807, 2.05) is 12.4 Å². The van der Waals surface area contributed by atoms with Gasteiger partial charge < -0.3 is 14.4 Å². The molecule has 0 saturated carbocycles. The van der Waals surface area contributed by atoms with E-state index in [0.717, 1.165) is 64.9 Å². The molecule has 0 radical (unpaired) electrons. The Labute approximate surface area is 154 Å². The van der Waals surface area contributed by atoms with E-state index in [1.165, 1.54) is 11.1 Å². The topological polar surface area (TPSA) is 67.5 Å². The molecule has 1 N–H and O–H groups in total. The Balaban J connectivity index is 1.45. The van der Waals surface area contributed by atoms with Gasteiger partial charge in [-0.05, 0) is 44.1 Å². The van der Waals surface area contributed by atoms with Crippen molar-refractivity contribution in [1.82, 2.24) is 15.1 Å². The summed E-state index contributed by atoms with van der Waals surface area (Å²) >= 11 is 0. The molecule has 4 heterocycles. The Bertz CT molecular complexity index is 639. The van der Waals surface area contributed by atoms with Crippen LogP contribution in [-0.4, -0.2) is 60.0 Å². The number of likely N-dealkylation sites (tertiary alicyclic amines) is 1. The summed E-state index contributed by atoms with van der Waals surface area (Å²) in [7, 11) is 0. The average molecular weight is 359 g/mol. The minimum Gasteiger partial charge on any atom is -0.380 e. The van der Waals surface area contributed by atoms with Gasteiger partial charge in [0.15, 0.2) is 0 Å². The third-order valence-electron chi connectivity index (χ3n) is 6.27. The molecule has 1 aromatic heterocycles. The van der Waals surface area contributed by atoms with Crippen LogP contribution in [0.15, 0.2) is 24.0 Å². The van der Waals surface area contributed by atoms with Crippen molar-refractivity contribution in [2.45, 2.75) is 51.0 Å². The summed E-state index contributed by atoms with van der Waals surface area (Å²) in [4.78, 5) is 15.2. The third kappa shape index (κ3) is 3.45. The number of aromatic amines is 1. The number of hydrogen-bond donors (Lipinski definition) is 1. The largest absolute Gasteiger partial charge is 0.380 e. The lowest BCUT2D eigenvalue weighted by Gasteiger charge is -2.54. The number of H-pyrrole nitrogens is 1. The number of carbonyl (C=O) groups is 1. The summed E-state index contributed by atoms with van der Waals surface area (Å²) in [5.74, 6) is 0.303. The van der Waals surface area contributed by atoms with Crippen molar-refractivity contribution >= 4 is 5.91 Å². The minimum atomic E-state index is 0.0144. The van der Waals surface area contributed by atoms with Gasteiger partial charge in [-0.1, -0.05) is 11.6 Å². The van der Waals surface area contributed by atoms with E-state index in [1.54, 1.807) is 0 Å². The van der Waals surface area contributed by atoms with Gasteiger partial charge >= 0.3 is 0 Å². The zero-order valence-electron chi connectivity index (χ0n) is 15.4. The van der Waals surface area contributed by atoms with E-state index < -0.39 is 0 Å². The van der Waals surface area contributed by atoms with Crippen LogP contribution in [0.5, 0.6) is 0 Å². The van der Waals surface area contributed by atoms with E-state index in [4.69, 9.17) is 9.47 Å². The summed E-state index contributed by atoms with van der Waals surface area (Å²) in [6.45, 7) is 3.89. The van der Waals surface area contributed by atoms with E-state index >= 15 is 0 Å². The Morgan fingerprint density at radius 2 is 2.35 bits per heavy atom. The fourth-order valence-corrected chi connectivity index (χ4v) is 4.98. The molecule has 3 aliphatic heterocycles. The Morgan fingerprint density at radius 1 is 1.38 bits per heavy atom. The SMILES string of the molecule is O=C(CCCc1cn[nH]c1)N1CCC[C@]2(C3=CCOCC3)COCC[C@@H]12. The average Bonchev–Trinajstić information content (AvgIpc) is 3.21. The fraction of sp³-hybridized carbons (Fsp3) is 0.700. The summed E-state index contributed by atoms with van der Waals surface area (Å²) in [5.41, 5.74) is 2.65. The van der Waals surface area contributed by atoms with Gasteiger partial charge in [-0.2, -0.15) is 5.10 Å². The lowest BCUT2D eigenvalue weighted by molar-refractivity contribution is -0.147. The first-order valence-electron chi connectivity index (χ1n) is 9.92. The number of aryl methyl sites for hydroxylation is 1. The fourth-order valence-electron chi connectivity index (χ4n) is 4.98. The number of piperidine rings is 1. The van der Waals surface area contributed by atoms with E-state index in [-0.39, 0.29) is 11.5 Å². The van der Waals surface area contributed by atoms with Crippen LogP contribution in [0.3, 0.4) is 0 Å². The molecular weight excluding hydrogens is 330 g/mol. The standard InChI is InChI=1S/C20H29N3O3/c24-19(4-1-3-16-13-21-22-14-16)23-9-2-8-20(15-26-12-7-18(20)23)17-5-10-25-11-6-17/h5,13-14,18H,1-4,6-12,15H2,(H,21,22)/t18-,20-/m1/s1. The zero-order chi connectivity index (χ0) is 17.8.